The molecule has 90 valence electrons. The fraction of sp³-hybridized carbons (Fsp3) is 0.0714. The molecule has 0 atom stereocenters. The lowest BCUT2D eigenvalue weighted by Gasteiger charge is -2.10. The lowest BCUT2D eigenvalue weighted by atomic mass is 10.2. The highest BCUT2D eigenvalue weighted by Crippen LogP contribution is 2.32. The number of halogens is 2. The first kappa shape index (κ1) is 12.9. The van der Waals surface area contributed by atoms with Gasteiger partial charge in [-0.15, -0.1) is 0 Å². The molecule has 0 saturated carbocycles. The Labute approximate surface area is 119 Å². The van der Waals surface area contributed by atoms with Crippen molar-refractivity contribution < 1.29 is 4.74 Å². The maximum absolute atomic E-state index is 9.08. The highest BCUT2D eigenvalue weighted by atomic mass is 79.9. The molecule has 2 aromatic carbocycles. The minimum Gasteiger partial charge on any atom is -0.456 e. The van der Waals surface area contributed by atoms with Gasteiger partial charge in [-0.3, -0.25) is 0 Å². The molecule has 0 unspecified atom stereocenters. The third-order valence-corrected chi connectivity index (χ3v) is 3.27. The van der Waals surface area contributed by atoms with Crippen LogP contribution in [-0.2, 0) is 0 Å². The Morgan fingerprint density at radius 3 is 2.72 bits per heavy atom. The van der Waals surface area contributed by atoms with Gasteiger partial charge >= 0.3 is 0 Å². The number of aryl methyl sites for hydroxylation is 1. The number of rotatable bonds is 2. The number of nitriles is 1. The van der Waals surface area contributed by atoms with Crippen LogP contribution in [-0.4, -0.2) is 0 Å². The van der Waals surface area contributed by atoms with Gasteiger partial charge in [0.2, 0.25) is 0 Å². The zero-order valence-electron chi connectivity index (χ0n) is 9.58. The molecule has 0 bridgehead atoms. The van der Waals surface area contributed by atoms with Gasteiger partial charge in [-0.25, -0.2) is 0 Å². The highest BCUT2D eigenvalue weighted by molar-refractivity contribution is 9.10. The van der Waals surface area contributed by atoms with E-state index in [-0.39, 0.29) is 0 Å². The highest BCUT2D eigenvalue weighted by Gasteiger charge is 2.10. The largest absolute Gasteiger partial charge is 0.456 e. The molecule has 0 aliphatic heterocycles. The Bertz CT molecular complexity index is 634. The van der Waals surface area contributed by atoms with E-state index < -0.39 is 0 Å². The topological polar surface area (TPSA) is 33.0 Å². The van der Waals surface area contributed by atoms with Crippen LogP contribution in [0.3, 0.4) is 0 Å². The minimum absolute atomic E-state index is 0.346. The van der Waals surface area contributed by atoms with Crippen molar-refractivity contribution in [1.29, 1.82) is 5.26 Å². The first-order valence-corrected chi connectivity index (χ1v) is 6.41. The van der Waals surface area contributed by atoms with Gasteiger partial charge in [0.15, 0.2) is 0 Å². The third-order valence-electron chi connectivity index (χ3n) is 2.46. The van der Waals surface area contributed by atoms with Gasteiger partial charge in [-0.2, -0.15) is 5.26 Å². The number of ether oxygens (including phenoxy) is 1. The minimum atomic E-state index is 0.346. The Morgan fingerprint density at radius 2 is 2.00 bits per heavy atom. The lowest BCUT2D eigenvalue weighted by Crippen LogP contribution is -1.91. The Morgan fingerprint density at radius 1 is 1.22 bits per heavy atom. The van der Waals surface area contributed by atoms with Crippen LogP contribution in [0.15, 0.2) is 40.9 Å². The maximum Gasteiger partial charge on any atom is 0.146 e. The molecule has 0 saturated heterocycles. The smallest absolute Gasteiger partial charge is 0.146 e. The molecule has 0 aromatic heterocycles. The van der Waals surface area contributed by atoms with Gasteiger partial charge in [0.25, 0.3) is 0 Å². The molecular formula is C14H9BrClNO. The first-order valence-electron chi connectivity index (χ1n) is 5.24. The summed E-state index contributed by atoms with van der Waals surface area (Å²) in [5, 5.41) is 9.47. The quantitative estimate of drug-likeness (QED) is 0.773. The van der Waals surface area contributed by atoms with E-state index in [0.29, 0.717) is 22.1 Å². The maximum atomic E-state index is 9.08. The summed E-state index contributed by atoms with van der Waals surface area (Å²) in [5.74, 6) is 1.16. The Kier molecular flexibility index (Phi) is 3.90. The van der Waals surface area contributed by atoms with Crippen LogP contribution in [0.4, 0.5) is 0 Å². The van der Waals surface area contributed by atoms with Crippen molar-refractivity contribution in [1.82, 2.24) is 0 Å². The fourth-order valence-corrected chi connectivity index (χ4v) is 2.05. The molecule has 0 spiro atoms. The molecule has 4 heteroatoms. The summed E-state index contributed by atoms with van der Waals surface area (Å²) in [6, 6.07) is 12.9. The third kappa shape index (κ3) is 2.66. The Balaban J connectivity index is 2.44. The summed E-state index contributed by atoms with van der Waals surface area (Å²) in [6.07, 6.45) is 0. The van der Waals surface area contributed by atoms with Crippen molar-refractivity contribution >= 4 is 27.5 Å². The monoisotopic (exact) mass is 321 g/mol. The van der Waals surface area contributed by atoms with Crippen LogP contribution >= 0.6 is 27.5 Å². The van der Waals surface area contributed by atoms with Crippen molar-refractivity contribution in [2.75, 3.05) is 0 Å². The molecular weight excluding hydrogens is 314 g/mol. The predicted molar refractivity (Wildman–Crippen MR) is 75.1 cm³/mol. The van der Waals surface area contributed by atoms with Crippen molar-refractivity contribution in [3.8, 4) is 17.6 Å². The molecule has 0 heterocycles. The second-order valence-electron chi connectivity index (χ2n) is 3.74. The van der Waals surface area contributed by atoms with Crippen LogP contribution in [0.1, 0.15) is 11.1 Å². The SMILES string of the molecule is Cc1ccc(Br)cc1Oc1cccc(Cl)c1C#N. The molecule has 0 amide bonds. The summed E-state index contributed by atoms with van der Waals surface area (Å²) in [4.78, 5) is 0. The molecule has 2 aromatic rings. The number of nitrogens with zero attached hydrogens (tertiary/aromatic N) is 1. The van der Waals surface area contributed by atoms with E-state index >= 15 is 0 Å². The standard InChI is InChI=1S/C14H9BrClNO/c1-9-5-6-10(15)7-14(9)18-13-4-2-3-12(16)11(13)8-17/h2-7H,1H3. The number of hydrogen-bond donors (Lipinski definition) is 0. The molecule has 0 N–H and O–H groups in total. The van der Waals surface area contributed by atoms with Crippen LogP contribution in [0.5, 0.6) is 11.5 Å². The molecule has 0 radical (unpaired) electrons. The van der Waals surface area contributed by atoms with Gasteiger partial charge in [0.05, 0.1) is 5.02 Å². The molecule has 0 aliphatic carbocycles. The van der Waals surface area contributed by atoms with Gasteiger partial charge < -0.3 is 4.74 Å². The second kappa shape index (κ2) is 5.43. The zero-order chi connectivity index (χ0) is 13.1. The van der Waals surface area contributed by atoms with Crippen LogP contribution in [0, 0.1) is 18.3 Å². The Hall–Kier alpha value is -1.50. The van der Waals surface area contributed by atoms with Crippen LogP contribution in [0.2, 0.25) is 5.02 Å². The van der Waals surface area contributed by atoms with Gasteiger partial charge in [-0.1, -0.05) is 39.7 Å². The summed E-state index contributed by atoms with van der Waals surface area (Å²) in [6.45, 7) is 1.94. The van der Waals surface area contributed by atoms with Crippen molar-refractivity contribution in [2.45, 2.75) is 6.92 Å². The fourth-order valence-electron chi connectivity index (χ4n) is 1.50. The van der Waals surface area contributed by atoms with Crippen molar-refractivity contribution in [3.63, 3.8) is 0 Å². The van der Waals surface area contributed by atoms with Gasteiger partial charge in [-0.05, 0) is 36.8 Å². The van der Waals surface area contributed by atoms with E-state index in [2.05, 4.69) is 15.9 Å². The average Bonchev–Trinajstić information content (AvgIpc) is 2.34. The van der Waals surface area contributed by atoms with E-state index in [1.165, 1.54) is 0 Å². The van der Waals surface area contributed by atoms with E-state index in [1.54, 1.807) is 18.2 Å². The predicted octanol–water partition coefficient (Wildman–Crippen LogP) is 5.07. The van der Waals surface area contributed by atoms with E-state index in [4.69, 9.17) is 21.6 Å². The van der Waals surface area contributed by atoms with E-state index in [9.17, 15) is 0 Å². The normalized spacial score (nSPS) is 9.89. The summed E-state index contributed by atoms with van der Waals surface area (Å²) >= 11 is 9.34. The molecule has 2 rings (SSSR count). The summed E-state index contributed by atoms with van der Waals surface area (Å²) < 4.78 is 6.68. The van der Waals surface area contributed by atoms with E-state index in [1.807, 2.05) is 31.2 Å². The molecule has 2 nitrogen and oxygen atoms in total. The zero-order valence-corrected chi connectivity index (χ0v) is 11.9. The summed E-state index contributed by atoms with van der Waals surface area (Å²) in [5.41, 5.74) is 1.33. The molecule has 18 heavy (non-hydrogen) atoms. The van der Waals surface area contributed by atoms with E-state index in [0.717, 1.165) is 10.0 Å². The molecule has 0 fully saturated rings. The van der Waals surface area contributed by atoms with Gasteiger partial charge in [0.1, 0.15) is 23.1 Å². The lowest BCUT2D eigenvalue weighted by molar-refractivity contribution is 0.477. The van der Waals surface area contributed by atoms with Crippen LogP contribution < -0.4 is 4.74 Å². The second-order valence-corrected chi connectivity index (χ2v) is 5.06. The van der Waals surface area contributed by atoms with Gasteiger partial charge in [0, 0.05) is 4.47 Å². The van der Waals surface area contributed by atoms with Crippen molar-refractivity contribution in [2.24, 2.45) is 0 Å². The van der Waals surface area contributed by atoms with Crippen LogP contribution in [0.25, 0.3) is 0 Å². The summed E-state index contributed by atoms with van der Waals surface area (Å²) in [7, 11) is 0. The average molecular weight is 323 g/mol. The number of benzene rings is 2. The number of hydrogen-bond acceptors (Lipinski definition) is 2. The molecule has 0 aliphatic rings. The van der Waals surface area contributed by atoms with Crippen molar-refractivity contribution in [3.05, 3.63) is 57.0 Å². The first-order chi connectivity index (χ1) is 8.61.